The van der Waals surface area contributed by atoms with Gasteiger partial charge in [0.2, 0.25) is 0 Å². The van der Waals surface area contributed by atoms with Crippen molar-refractivity contribution in [3.05, 3.63) is 34.4 Å². The Morgan fingerprint density at radius 3 is 3.29 bits per heavy atom. The highest BCUT2D eigenvalue weighted by Crippen LogP contribution is 2.31. The summed E-state index contributed by atoms with van der Waals surface area (Å²) in [4.78, 5) is 12.4. The van der Waals surface area contributed by atoms with E-state index in [1.54, 1.807) is 0 Å². The Balaban J connectivity index is 2.25. The van der Waals surface area contributed by atoms with Crippen LogP contribution in [0, 0.1) is 0 Å². The monoisotopic (exact) mass is 209 g/mol. The van der Waals surface area contributed by atoms with Crippen LogP contribution in [0.3, 0.4) is 0 Å². The molecule has 14 heavy (non-hydrogen) atoms. The fourth-order valence-electron chi connectivity index (χ4n) is 1.43. The van der Waals surface area contributed by atoms with Crippen molar-refractivity contribution in [1.82, 2.24) is 4.72 Å². The number of nitrogens with one attached hydrogen (secondary N) is 1. The van der Waals surface area contributed by atoms with Gasteiger partial charge in [-0.1, -0.05) is 12.2 Å². The number of hydrogen-bond donors (Lipinski definition) is 1. The van der Waals surface area contributed by atoms with E-state index >= 15 is 0 Å². The topological polar surface area (TPSA) is 38.3 Å². The maximum absolute atomic E-state index is 11.2. The first-order valence-corrected chi connectivity index (χ1v) is 5.25. The Kier molecular flexibility index (Phi) is 2.63. The van der Waals surface area contributed by atoms with Crippen LogP contribution in [0.4, 0.5) is 0 Å². The molecule has 0 unspecified atom stereocenters. The van der Waals surface area contributed by atoms with Crippen LogP contribution < -0.4 is 4.72 Å². The number of allylic oxidation sites excluding steroid dienone is 4. The second-order valence-electron chi connectivity index (χ2n) is 3.08. The normalized spacial score (nSPS) is 19.6. The van der Waals surface area contributed by atoms with Crippen LogP contribution in [-0.2, 0) is 9.53 Å². The number of methoxy groups -OCH3 is 1. The lowest BCUT2D eigenvalue weighted by Crippen LogP contribution is -2.19. The summed E-state index contributed by atoms with van der Waals surface area (Å²) in [5.74, 6) is -0.307. The van der Waals surface area contributed by atoms with E-state index in [4.69, 9.17) is 0 Å². The molecular formula is C10H11NO2S. The maximum Gasteiger partial charge on any atom is 0.354 e. The maximum atomic E-state index is 11.2. The molecule has 1 N–H and O–H groups in total. The average molecular weight is 209 g/mol. The standard InChI is InChI=1S/C10H11NO2S/c1-13-10(12)8-6-7-4-2-3-5-9(7)14-11-8/h3,5-6,11H,2,4H2,1H3. The molecule has 1 heterocycles. The zero-order valence-electron chi connectivity index (χ0n) is 7.87. The van der Waals surface area contributed by atoms with Gasteiger partial charge in [0, 0.05) is 4.91 Å². The van der Waals surface area contributed by atoms with Crippen molar-refractivity contribution in [3.63, 3.8) is 0 Å². The van der Waals surface area contributed by atoms with E-state index in [0.717, 1.165) is 12.8 Å². The van der Waals surface area contributed by atoms with Crippen LogP contribution in [0.2, 0.25) is 0 Å². The van der Waals surface area contributed by atoms with Crippen molar-refractivity contribution in [3.8, 4) is 0 Å². The van der Waals surface area contributed by atoms with Crippen molar-refractivity contribution in [2.24, 2.45) is 0 Å². The van der Waals surface area contributed by atoms with Gasteiger partial charge in [-0.2, -0.15) is 0 Å². The molecule has 2 rings (SSSR count). The van der Waals surface area contributed by atoms with E-state index < -0.39 is 0 Å². The Labute approximate surface area is 87.0 Å². The second kappa shape index (κ2) is 3.92. The van der Waals surface area contributed by atoms with Gasteiger partial charge in [0.05, 0.1) is 7.11 Å². The molecule has 3 nitrogen and oxygen atoms in total. The number of carbonyl (C=O) groups is 1. The summed E-state index contributed by atoms with van der Waals surface area (Å²) in [6, 6.07) is 0. The van der Waals surface area contributed by atoms with Gasteiger partial charge in [0.1, 0.15) is 5.70 Å². The summed E-state index contributed by atoms with van der Waals surface area (Å²) < 4.78 is 7.61. The Hall–Kier alpha value is -1.16. The van der Waals surface area contributed by atoms with Gasteiger partial charge in [0.15, 0.2) is 0 Å². The van der Waals surface area contributed by atoms with Crippen LogP contribution in [0.1, 0.15) is 12.8 Å². The summed E-state index contributed by atoms with van der Waals surface area (Å²) in [7, 11) is 1.39. The molecule has 0 bridgehead atoms. The highest BCUT2D eigenvalue weighted by Gasteiger charge is 2.18. The second-order valence-corrected chi connectivity index (χ2v) is 3.93. The van der Waals surface area contributed by atoms with Gasteiger partial charge in [-0.15, -0.1) is 0 Å². The fourth-order valence-corrected chi connectivity index (χ4v) is 2.25. The van der Waals surface area contributed by atoms with Gasteiger partial charge in [0.25, 0.3) is 0 Å². The number of ether oxygens (including phenoxy) is 1. The van der Waals surface area contributed by atoms with Crippen molar-refractivity contribution in [2.75, 3.05) is 7.11 Å². The van der Waals surface area contributed by atoms with Crippen molar-refractivity contribution in [2.45, 2.75) is 12.8 Å². The molecule has 0 amide bonds. The molecule has 0 atom stereocenters. The lowest BCUT2D eigenvalue weighted by atomic mass is 10.0. The lowest BCUT2D eigenvalue weighted by Gasteiger charge is -2.19. The largest absolute Gasteiger partial charge is 0.464 e. The molecule has 2 aliphatic rings. The van der Waals surface area contributed by atoms with Crippen LogP contribution >= 0.6 is 11.9 Å². The third-order valence-corrected chi connectivity index (χ3v) is 3.10. The van der Waals surface area contributed by atoms with Gasteiger partial charge in [-0.3, -0.25) is 0 Å². The molecule has 74 valence electrons. The lowest BCUT2D eigenvalue weighted by molar-refractivity contribution is -0.136. The third-order valence-electron chi connectivity index (χ3n) is 2.16. The van der Waals surface area contributed by atoms with Crippen molar-refractivity contribution < 1.29 is 9.53 Å². The van der Waals surface area contributed by atoms with Crippen LogP contribution in [0.5, 0.6) is 0 Å². The predicted octanol–water partition coefficient (Wildman–Crippen LogP) is 1.90. The Bertz CT molecular complexity index is 355. The molecule has 0 fully saturated rings. The Morgan fingerprint density at radius 2 is 2.50 bits per heavy atom. The molecule has 1 aliphatic carbocycles. The molecule has 0 aromatic heterocycles. The molecule has 4 heteroatoms. The first-order chi connectivity index (χ1) is 6.81. The highest BCUT2D eigenvalue weighted by atomic mass is 32.2. The summed E-state index contributed by atoms with van der Waals surface area (Å²) in [5.41, 5.74) is 1.75. The average Bonchev–Trinajstić information content (AvgIpc) is 2.27. The van der Waals surface area contributed by atoms with E-state index in [2.05, 4.69) is 21.6 Å². The molecule has 0 spiro atoms. The quantitative estimate of drug-likeness (QED) is 0.529. The van der Waals surface area contributed by atoms with E-state index in [0.29, 0.717) is 5.70 Å². The van der Waals surface area contributed by atoms with Crippen molar-refractivity contribution >= 4 is 17.9 Å². The zero-order chi connectivity index (χ0) is 9.97. The first kappa shape index (κ1) is 9.40. The summed E-state index contributed by atoms with van der Waals surface area (Å²) >= 11 is 1.47. The van der Waals surface area contributed by atoms with E-state index in [9.17, 15) is 4.79 Å². The molecule has 1 aliphatic heterocycles. The number of esters is 1. The van der Waals surface area contributed by atoms with Crippen LogP contribution in [-0.4, -0.2) is 13.1 Å². The smallest absolute Gasteiger partial charge is 0.354 e. The van der Waals surface area contributed by atoms with E-state index in [1.807, 2.05) is 6.08 Å². The molecule has 0 radical (unpaired) electrons. The summed E-state index contributed by atoms with van der Waals surface area (Å²) in [5, 5.41) is 0. The summed E-state index contributed by atoms with van der Waals surface area (Å²) in [6.45, 7) is 0. The van der Waals surface area contributed by atoms with Crippen molar-refractivity contribution in [1.29, 1.82) is 0 Å². The molecule has 0 aromatic carbocycles. The first-order valence-electron chi connectivity index (χ1n) is 4.44. The number of hydrogen-bond acceptors (Lipinski definition) is 4. The summed E-state index contributed by atoms with van der Waals surface area (Å²) in [6.07, 6.45) is 8.15. The van der Waals surface area contributed by atoms with E-state index in [1.165, 1.54) is 29.5 Å². The molecule has 0 saturated carbocycles. The minimum atomic E-state index is -0.307. The van der Waals surface area contributed by atoms with E-state index in [-0.39, 0.29) is 5.97 Å². The van der Waals surface area contributed by atoms with Gasteiger partial charge < -0.3 is 9.46 Å². The third kappa shape index (κ3) is 1.70. The Morgan fingerprint density at radius 1 is 1.64 bits per heavy atom. The SMILES string of the molecule is COC(=O)C1=CC2=C(C=CCC2)SN1. The number of rotatable bonds is 1. The highest BCUT2D eigenvalue weighted by molar-refractivity contribution is 8.01. The van der Waals surface area contributed by atoms with Gasteiger partial charge >= 0.3 is 5.97 Å². The minimum Gasteiger partial charge on any atom is -0.464 e. The number of carbonyl (C=O) groups excluding carboxylic acids is 1. The molecule has 0 aromatic rings. The van der Waals surface area contributed by atoms with Gasteiger partial charge in [-0.05, 0) is 36.4 Å². The van der Waals surface area contributed by atoms with Crippen LogP contribution in [0.25, 0.3) is 0 Å². The van der Waals surface area contributed by atoms with Gasteiger partial charge in [-0.25, -0.2) is 4.79 Å². The van der Waals surface area contributed by atoms with Crippen LogP contribution in [0.15, 0.2) is 34.4 Å². The predicted molar refractivity (Wildman–Crippen MR) is 56.2 cm³/mol. The minimum absolute atomic E-state index is 0.307. The zero-order valence-corrected chi connectivity index (χ0v) is 8.69. The fraction of sp³-hybridized carbons (Fsp3) is 0.300. The molecule has 0 saturated heterocycles. The molecular weight excluding hydrogens is 198 g/mol.